The fourth-order valence-electron chi connectivity index (χ4n) is 12.5. The van der Waals surface area contributed by atoms with E-state index in [1.807, 2.05) is 0 Å². The number of rotatable bonds is 81. The quantitative estimate of drug-likeness (QED) is 0.0222. The minimum Gasteiger partial charge on any atom is -0.462 e. The van der Waals surface area contributed by atoms with Gasteiger partial charge in [0.15, 0.2) is 12.2 Å². The van der Waals surface area contributed by atoms with Gasteiger partial charge in [-0.1, -0.05) is 381 Å². The Bertz CT molecular complexity index is 1880. The standard InChI is InChI=1S/C80H156O17P2/c1-5-9-13-17-21-24-27-30-32-34-36-38-40-42-44-47-49-53-57-61-65-78(83)91-71-76(97-80(85)67-63-59-55-51-48-45-43-41-39-37-35-33-31-28-25-22-18-14-10-6-2)73-95-99(88,89)93-69-74(81)68-92-98(86,87)94-72-75(70-90-77(82)64-60-56-52-20-16-12-8-4)96-79(84)66-62-58-54-50-46-29-26-23-19-15-11-7-3/h74-76,81H,5-73H2,1-4H3,(H,86,87)(H,88,89)/t74-,75+,76+/m0/s1. The Hall–Kier alpha value is -1.94. The van der Waals surface area contributed by atoms with Crippen LogP contribution in [0.5, 0.6) is 0 Å². The molecule has 0 bridgehead atoms. The first kappa shape index (κ1) is 97.1. The maximum Gasteiger partial charge on any atom is 0.472 e. The number of esters is 4. The van der Waals surface area contributed by atoms with Crippen molar-refractivity contribution < 1.29 is 80.2 Å². The first-order valence-corrected chi connectivity index (χ1v) is 44.8. The highest BCUT2D eigenvalue weighted by atomic mass is 31.2. The SMILES string of the molecule is CCCCCCCCCCCCCCCCCCCCCCC(=O)OC[C@H](COP(=O)(O)OC[C@@H](O)COP(=O)(O)OC[C@@H](COC(=O)CCCCCCCCC)OC(=O)CCCCCCCCCCCCCC)OC(=O)CCCCCCCCCCCCCCCCCCCCCC. The highest BCUT2D eigenvalue weighted by Crippen LogP contribution is 2.45. The molecule has 3 N–H and O–H groups in total. The predicted octanol–water partition coefficient (Wildman–Crippen LogP) is 24.2. The second kappa shape index (κ2) is 74.3. The summed E-state index contributed by atoms with van der Waals surface area (Å²) in [4.78, 5) is 72.8. The van der Waals surface area contributed by atoms with Crippen molar-refractivity contribution in [3.63, 3.8) is 0 Å². The summed E-state index contributed by atoms with van der Waals surface area (Å²) < 4.78 is 68.5. The molecule has 0 rings (SSSR count). The van der Waals surface area contributed by atoms with Gasteiger partial charge in [-0.3, -0.25) is 37.3 Å². The molecule has 0 fully saturated rings. The van der Waals surface area contributed by atoms with E-state index in [1.165, 1.54) is 250 Å². The first-order valence-electron chi connectivity index (χ1n) is 41.8. The summed E-state index contributed by atoms with van der Waals surface area (Å²) in [5.41, 5.74) is 0. The Morgan fingerprint density at radius 3 is 0.596 bits per heavy atom. The molecule has 19 heteroatoms. The summed E-state index contributed by atoms with van der Waals surface area (Å²) in [5.74, 6) is -2.11. The van der Waals surface area contributed by atoms with Gasteiger partial charge in [-0.25, -0.2) is 9.13 Å². The molecular weight excluding hydrogens is 1290 g/mol. The van der Waals surface area contributed by atoms with Crippen molar-refractivity contribution in [3.05, 3.63) is 0 Å². The lowest BCUT2D eigenvalue weighted by molar-refractivity contribution is -0.161. The molecule has 0 radical (unpaired) electrons. The maximum atomic E-state index is 13.1. The van der Waals surface area contributed by atoms with Crippen LogP contribution in [0.15, 0.2) is 0 Å². The van der Waals surface area contributed by atoms with Crippen molar-refractivity contribution in [3.8, 4) is 0 Å². The summed E-state index contributed by atoms with van der Waals surface area (Å²) in [7, 11) is -9.91. The van der Waals surface area contributed by atoms with E-state index < -0.39 is 97.5 Å². The zero-order valence-electron chi connectivity index (χ0n) is 64.5. The third kappa shape index (κ3) is 74.1. The molecule has 0 saturated carbocycles. The van der Waals surface area contributed by atoms with Crippen LogP contribution in [0.4, 0.5) is 0 Å². The lowest BCUT2D eigenvalue weighted by atomic mass is 10.0. The van der Waals surface area contributed by atoms with E-state index in [2.05, 4.69) is 27.7 Å². The monoisotopic (exact) mass is 1450 g/mol. The first-order chi connectivity index (χ1) is 48.2. The van der Waals surface area contributed by atoms with E-state index in [1.54, 1.807) is 0 Å². The average molecular weight is 1450 g/mol. The molecule has 588 valence electrons. The van der Waals surface area contributed by atoms with Crippen molar-refractivity contribution in [1.82, 2.24) is 0 Å². The van der Waals surface area contributed by atoms with Crippen LogP contribution in [-0.4, -0.2) is 96.7 Å². The van der Waals surface area contributed by atoms with Crippen LogP contribution in [0, 0.1) is 0 Å². The summed E-state index contributed by atoms with van der Waals surface area (Å²) in [6, 6.07) is 0. The van der Waals surface area contributed by atoms with Gasteiger partial charge < -0.3 is 33.8 Å². The summed E-state index contributed by atoms with van der Waals surface area (Å²) >= 11 is 0. The molecule has 0 heterocycles. The number of carbonyl (C=O) groups is 4. The summed E-state index contributed by atoms with van der Waals surface area (Å²) in [6.45, 7) is 4.97. The number of aliphatic hydroxyl groups excluding tert-OH is 1. The van der Waals surface area contributed by atoms with E-state index in [9.17, 15) is 43.2 Å². The molecule has 0 spiro atoms. The molecule has 0 aromatic heterocycles. The second-order valence-electron chi connectivity index (χ2n) is 28.8. The molecule has 2 unspecified atom stereocenters. The number of carbonyl (C=O) groups excluding carboxylic acids is 4. The largest absolute Gasteiger partial charge is 0.472 e. The van der Waals surface area contributed by atoms with Crippen molar-refractivity contribution in [2.45, 2.75) is 451 Å². The van der Waals surface area contributed by atoms with Gasteiger partial charge in [0.1, 0.15) is 19.3 Å². The van der Waals surface area contributed by atoms with Crippen molar-refractivity contribution in [2.24, 2.45) is 0 Å². The topological polar surface area (TPSA) is 237 Å². The number of ether oxygens (including phenoxy) is 4. The average Bonchev–Trinajstić information content (AvgIpc) is 1.07. The van der Waals surface area contributed by atoms with Gasteiger partial charge in [0.05, 0.1) is 26.4 Å². The van der Waals surface area contributed by atoms with Crippen LogP contribution in [0.3, 0.4) is 0 Å². The van der Waals surface area contributed by atoms with Crippen LogP contribution in [-0.2, 0) is 65.4 Å². The number of aliphatic hydroxyl groups is 1. The van der Waals surface area contributed by atoms with Gasteiger partial charge >= 0.3 is 39.5 Å². The molecule has 0 aliphatic carbocycles. The van der Waals surface area contributed by atoms with Crippen LogP contribution in [0.25, 0.3) is 0 Å². The van der Waals surface area contributed by atoms with Gasteiger partial charge in [0, 0.05) is 25.7 Å². The molecule has 0 aliphatic rings. The van der Waals surface area contributed by atoms with E-state index >= 15 is 0 Å². The molecule has 5 atom stereocenters. The zero-order valence-corrected chi connectivity index (χ0v) is 66.3. The second-order valence-corrected chi connectivity index (χ2v) is 31.7. The van der Waals surface area contributed by atoms with Crippen molar-refractivity contribution in [2.75, 3.05) is 39.6 Å². The Balaban J connectivity index is 5.15. The van der Waals surface area contributed by atoms with Gasteiger partial charge in [0.25, 0.3) is 0 Å². The van der Waals surface area contributed by atoms with Gasteiger partial charge in [-0.2, -0.15) is 0 Å². The molecule has 0 aromatic rings. The Morgan fingerprint density at radius 2 is 0.404 bits per heavy atom. The number of unbranched alkanes of at least 4 members (excludes halogenated alkanes) is 55. The number of hydrogen-bond acceptors (Lipinski definition) is 15. The Kier molecular flexibility index (Phi) is 72.9. The fourth-order valence-corrected chi connectivity index (χ4v) is 14.0. The third-order valence-electron chi connectivity index (χ3n) is 18.9. The molecule has 0 amide bonds. The minimum absolute atomic E-state index is 0.108. The molecule has 0 saturated heterocycles. The summed E-state index contributed by atoms with van der Waals surface area (Å²) in [5, 5.41) is 10.6. The molecular formula is C80H156O17P2. The smallest absolute Gasteiger partial charge is 0.462 e. The van der Waals surface area contributed by atoms with E-state index in [0.29, 0.717) is 25.7 Å². The molecule has 17 nitrogen and oxygen atoms in total. The lowest BCUT2D eigenvalue weighted by Crippen LogP contribution is -2.30. The highest BCUT2D eigenvalue weighted by molar-refractivity contribution is 7.47. The van der Waals surface area contributed by atoms with Crippen LogP contribution in [0.2, 0.25) is 0 Å². The minimum atomic E-state index is -4.96. The van der Waals surface area contributed by atoms with Gasteiger partial charge in [0.2, 0.25) is 0 Å². The third-order valence-corrected chi connectivity index (χ3v) is 20.8. The number of phosphoric acid groups is 2. The normalized spacial score (nSPS) is 13.8. The van der Waals surface area contributed by atoms with Crippen LogP contribution in [0.1, 0.15) is 432 Å². The van der Waals surface area contributed by atoms with Gasteiger partial charge in [-0.05, 0) is 25.7 Å². The summed E-state index contributed by atoms with van der Waals surface area (Å²) in [6.07, 6.45) is 66.9. The number of hydrogen-bond donors (Lipinski definition) is 3. The zero-order chi connectivity index (χ0) is 72.5. The van der Waals surface area contributed by atoms with E-state index in [4.69, 9.17) is 37.0 Å². The lowest BCUT2D eigenvalue weighted by Gasteiger charge is -2.21. The van der Waals surface area contributed by atoms with Crippen LogP contribution >= 0.6 is 15.6 Å². The highest BCUT2D eigenvalue weighted by Gasteiger charge is 2.30. The van der Waals surface area contributed by atoms with Gasteiger partial charge in [-0.15, -0.1) is 0 Å². The maximum absolute atomic E-state index is 13.1. The fraction of sp³-hybridized carbons (Fsp3) is 0.950. The van der Waals surface area contributed by atoms with E-state index in [0.717, 1.165) is 103 Å². The predicted molar refractivity (Wildman–Crippen MR) is 405 cm³/mol. The molecule has 99 heavy (non-hydrogen) atoms. The Labute approximate surface area is 607 Å². The number of phosphoric ester groups is 2. The van der Waals surface area contributed by atoms with E-state index in [-0.39, 0.29) is 25.7 Å². The van der Waals surface area contributed by atoms with Crippen LogP contribution < -0.4 is 0 Å². The molecule has 0 aliphatic heterocycles. The van der Waals surface area contributed by atoms with Crippen molar-refractivity contribution >= 4 is 39.5 Å². The van der Waals surface area contributed by atoms with Crippen molar-refractivity contribution in [1.29, 1.82) is 0 Å². The Morgan fingerprint density at radius 1 is 0.242 bits per heavy atom. The molecule has 0 aromatic carbocycles.